The van der Waals surface area contributed by atoms with E-state index in [1.165, 1.54) is 12.8 Å². The highest BCUT2D eigenvalue weighted by molar-refractivity contribution is 6.05. The molecule has 0 spiro atoms. The molecule has 0 bridgehead atoms. The number of rotatable bonds is 3. The first-order chi connectivity index (χ1) is 11.5. The Hall–Kier alpha value is -2.43. The Labute approximate surface area is 143 Å². The molecule has 3 rings (SSSR count). The Morgan fingerprint density at radius 3 is 2.29 bits per heavy atom. The van der Waals surface area contributed by atoms with Crippen LogP contribution in [-0.4, -0.2) is 29.0 Å². The number of nitrogens with zero attached hydrogens (tertiary/aromatic N) is 3. The molecule has 1 amide bonds. The molecule has 1 saturated heterocycles. The van der Waals surface area contributed by atoms with Gasteiger partial charge in [0.25, 0.3) is 5.91 Å². The monoisotopic (exact) mass is 324 g/mol. The zero-order chi connectivity index (χ0) is 17.3. The first-order valence-electron chi connectivity index (χ1n) is 8.44. The number of nitrogens with one attached hydrogen (secondary N) is 1. The molecule has 0 unspecified atom stereocenters. The fourth-order valence-electron chi connectivity index (χ4n) is 3.10. The summed E-state index contributed by atoms with van der Waals surface area (Å²) in [4.78, 5) is 24.1. The summed E-state index contributed by atoms with van der Waals surface area (Å²) >= 11 is 0. The maximum absolute atomic E-state index is 12.7. The van der Waals surface area contributed by atoms with Crippen molar-refractivity contribution in [1.82, 2.24) is 9.97 Å². The topological polar surface area (TPSA) is 58.1 Å². The van der Waals surface area contributed by atoms with Crippen molar-refractivity contribution < 1.29 is 4.79 Å². The molecule has 126 valence electrons. The third kappa shape index (κ3) is 3.25. The van der Waals surface area contributed by atoms with Crippen LogP contribution < -0.4 is 10.2 Å². The number of anilines is 2. The van der Waals surface area contributed by atoms with Gasteiger partial charge in [-0.25, -0.2) is 9.97 Å². The van der Waals surface area contributed by atoms with Gasteiger partial charge >= 0.3 is 0 Å². The molecule has 0 saturated carbocycles. The molecule has 0 radical (unpaired) electrons. The van der Waals surface area contributed by atoms with Crippen LogP contribution >= 0.6 is 0 Å². The Balaban J connectivity index is 1.87. The van der Waals surface area contributed by atoms with Gasteiger partial charge in [-0.1, -0.05) is 17.7 Å². The van der Waals surface area contributed by atoms with Gasteiger partial charge in [-0.15, -0.1) is 0 Å². The molecule has 1 aromatic carbocycles. The largest absolute Gasteiger partial charge is 0.341 e. The van der Waals surface area contributed by atoms with Gasteiger partial charge in [0.15, 0.2) is 0 Å². The van der Waals surface area contributed by atoms with Crippen LogP contribution in [0.15, 0.2) is 18.2 Å². The van der Waals surface area contributed by atoms with Crippen LogP contribution in [0, 0.1) is 27.7 Å². The summed E-state index contributed by atoms with van der Waals surface area (Å²) in [6.45, 7) is 9.79. The third-order valence-corrected chi connectivity index (χ3v) is 4.52. The van der Waals surface area contributed by atoms with Crippen molar-refractivity contribution in [3.63, 3.8) is 0 Å². The lowest BCUT2D eigenvalue weighted by Gasteiger charge is -2.18. The molecule has 1 N–H and O–H groups in total. The molecule has 2 aromatic rings. The van der Waals surface area contributed by atoms with E-state index in [1.54, 1.807) is 0 Å². The van der Waals surface area contributed by atoms with Crippen LogP contribution in [0.5, 0.6) is 0 Å². The molecule has 24 heavy (non-hydrogen) atoms. The number of amides is 1. The van der Waals surface area contributed by atoms with Gasteiger partial charge in [0.1, 0.15) is 0 Å². The summed E-state index contributed by atoms with van der Waals surface area (Å²) in [6, 6.07) is 5.89. The maximum atomic E-state index is 12.7. The molecular formula is C19H24N4O. The molecule has 5 heteroatoms. The molecule has 1 aliphatic heterocycles. The highest BCUT2D eigenvalue weighted by Gasteiger charge is 2.19. The zero-order valence-corrected chi connectivity index (χ0v) is 14.8. The molecule has 0 aliphatic carbocycles. The van der Waals surface area contributed by atoms with Gasteiger partial charge in [-0.3, -0.25) is 4.79 Å². The summed E-state index contributed by atoms with van der Waals surface area (Å²) in [7, 11) is 0. The molecule has 1 aromatic heterocycles. The highest BCUT2D eigenvalue weighted by Crippen LogP contribution is 2.24. The third-order valence-electron chi connectivity index (χ3n) is 4.52. The van der Waals surface area contributed by atoms with Crippen molar-refractivity contribution in [2.75, 3.05) is 23.3 Å². The van der Waals surface area contributed by atoms with Crippen LogP contribution in [0.2, 0.25) is 0 Å². The van der Waals surface area contributed by atoms with E-state index >= 15 is 0 Å². The zero-order valence-electron chi connectivity index (χ0n) is 14.8. The van der Waals surface area contributed by atoms with Gasteiger partial charge in [-0.05, 0) is 52.2 Å². The van der Waals surface area contributed by atoms with Gasteiger partial charge in [0.2, 0.25) is 5.95 Å². The van der Waals surface area contributed by atoms with E-state index < -0.39 is 0 Å². The fourth-order valence-corrected chi connectivity index (χ4v) is 3.10. The standard InChI is InChI=1S/C19H24N4O/c1-12-7-8-13(2)16(11-12)18(24)22-17-14(3)20-19(21-15(17)4)23-9-5-6-10-23/h7-8,11H,5-6,9-10H2,1-4H3,(H,22,24). The second-order valence-corrected chi connectivity index (χ2v) is 6.54. The Bertz CT molecular complexity index is 756. The normalized spacial score (nSPS) is 14.1. The Kier molecular flexibility index (Phi) is 4.51. The van der Waals surface area contributed by atoms with Crippen LogP contribution in [0.3, 0.4) is 0 Å². The summed E-state index contributed by atoms with van der Waals surface area (Å²) < 4.78 is 0. The number of hydrogen-bond acceptors (Lipinski definition) is 4. The number of hydrogen-bond donors (Lipinski definition) is 1. The summed E-state index contributed by atoms with van der Waals surface area (Å²) in [5.74, 6) is 0.659. The number of carbonyl (C=O) groups excluding carboxylic acids is 1. The lowest BCUT2D eigenvalue weighted by molar-refractivity contribution is 0.102. The van der Waals surface area contributed by atoms with E-state index in [-0.39, 0.29) is 5.91 Å². The van der Waals surface area contributed by atoms with Crippen molar-refractivity contribution in [2.45, 2.75) is 40.5 Å². The minimum atomic E-state index is -0.111. The van der Waals surface area contributed by atoms with Gasteiger partial charge in [0, 0.05) is 18.7 Å². The van der Waals surface area contributed by atoms with Crippen molar-refractivity contribution in [3.8, 4) is 0 Å². The minimum absolute atomic E-state index is 0.111. The molecule has 1 aliphatic rings. The summed E-state index contributed by atoms with van der Waals surface area (Å²) in [5, 5.41) is 3.00. The van der Waals surface area contributed by atoms with E-state index in [9.17, 15) is 4.79 Å². The predicted molar refractivity (Wildman–Crippen MR) is 96.8 cm³/mol. The van der Waals surface area contributed by atoms with E-state index in [0.29, 0.717) is 11.3 Å². The van der Waals surface area contributed by atoms with Crippen molar-refractivity contribution in [2.24, 2.45) is 0 Å². The van der Waals surface area contributed by atoms with E-state index in [2.05, 4.69) is 20.2 Å². The first kappa shape index (κ1) is 16.4. The average Bonchev–Trinajstić information content (AvgIpc) is 3.07. The number of benzene rings is 1. The quantitative estimate of drug-likeness (QED) is 0.938. The lowest BCUT2D eigenvalue weighted by Crippen LogP contribution is -2.22. The van der Waals surface area contributed by atoms with Crippen molar-refractivity contribution in [1.29, 1.82) is 0 Å². The van der Waals surface area contributed by atoms with Gasteiger partial charge < -0.3 is 10.2 Å². The summed E-state index contributed by atoms with van der Waals surface area (Å²) in [5.41, 5.74) is 5.05. The minimum Gasteiger partial charge on any atom is -0.341 e. The molecular weight excluding hydrogens is 300 g/mol. The molecule has 5 nitrogen and oxygen atoms in total. The van der Waals surface area contributed by atoms with E-state index in [1.807, 2.05) is 45.9 Å². The molecule has 1 fully saturated rings. The van der Waals surface area contributed by atoms with Crippen LogP contribution in [0.1, 0.15) is 45.7 Å². The predicted octanol–water partition coefficient (Wildman–Crippen LogP) is 3.56. The summed E-state index contributed by atoms with van der Waals surface area (Å²) in [6.07, 6.45) is 2.37. The van der Waals surface area contributed by atoms with Gasteiger partial charge in [-0.2, -0.15) is 0 Å². The first-order valence-corrected chi connectivity index (χ1v) is 8.44. The fraction of sp³-hybridized carbons (Fsp3) is 0.421. The van der Waals surface area contributed by atoms with Crippen molar-refractivity contribution in [3.05, 3.63) is 46.3 Å². The van der Waals surface area contributed by atoms with Crippen LogP contribution in [0.25, 0.3) is 0 Å². The molecule has 0 atom stereocenters. The second kappa shape index (κ2) is 6.59. The van der Waals surface area contributed by atoms with E-state index in [0.717, 1.165) is 41.6 Å². The number of carbonyl (C=O) groups is 1. The SMILES string of the molecule is Cc1ccc(C)c(C(=O)Nc2c(C)nc(N3CCCC3)nc2C)c1. The van der Waals surface area contributed by atoms with Crippen LogP contribution in [-0.2, 0) is 0 Å². The second-order valence-electron chi connectivity index (χ2n) is 6.54. The smallest absolute Gasteiger partial charge is 0.256 e. The number of aromatic nitrogens is 2. The Morgan fingerprint density at radius 2 is 1.67 bits per heavy atom. The molecule has 2 heterocycles. The van der Waals surface area contributed by atoms with E-state index in [4.69, 9.17) is 0 Å². The maximum Gasteiger partial charge on any atom is 0.256 e. The lowest BCUT2D eigenvalue weighted by atomic mass is 10.0. The number of aryl methyl sites for hydroxylation is 4. The van der Waals surface area contributed by atoms with Crippen molar-refractivity contribution >= 4 is 17.5 Å². The average molecular weight is 324 g/mol. The Morgan fingerprint density at radius 1 is 1.04 bits per heavy atom. The highest BCUT2D eigenvalue weighted by atomic mass is 16.1. The van der Waals surface area contributed by atoms with Crippen LogP contribution in [0.4, 0.5) is 11.6 Å². The van der Waals surface area contributed by atoms with Gasteiger partial charge in [0.05, 0.1) is 17.1 Å².